The van der Waals surface area contributed by atoms with Crippen LogP contribution < -0.4 is 4.98 Å². The molecule has 0 unspecified atom stereocenters. The summed E-state index contributed by atoms with van der Waals surface area (Å²) in [5, 5.41) is 18.2. The molecule has 0 saturated carbocycles. The highest BCUT2D eigenvalue weighted by Gasteiger charge is 2.03. The summed E-state index contributed by atoms with van der Waals surface area (Å²) in [7, 11) is 2.56. The lowest BCUT2D eigenvalue weighted by Crippen LogP contribution is -1.88. The highest BCUT2D eigenvalue weighted by atomic mass is 32.4. The number of nitriles is 2. The maximum Gasteiger partial charge on any atom is 0.239 e. The average molecular weight is 1210 g/mol. The number of hydrogen-bond donors (Lipinski definition) is 4. The van der Waals surface area contributed by atoms with Crippen LogP contribution in [0.5, 0.6) is 0 Å². The molecule has 13 rings (SSSR count). The van der Waals surface area contributed by atoms with Gasteiger partial charge in [0.15, 0.2) is 11.4 Å². The third-order valence-electron chi connectivity index (χ3n) is 11.4. The molecular formula is C71H81N13PS2+. The van der Waals surface area contributed by atoms with Crippen LogP contribution in [-0.2, 0) is 24.6 Å². The maximum atomic E-state index is 8.47. The minimum absolute atomic E-state index is 0. The Morgan fingerprint density at radius 3 is 1.36 bits per heavy atom. The Hall–Kier alpha value is -10.1. The van der Waals surface area contributed by atoms with Crippen LogP contribution in [0.15, 0.2) is 230 Å². The molecule has 0 amide bonds. The quantitative estimate of drug-likeness (QED) is 0.0868. The number of benzene rings is 7. The second-order valence-corrected chi connectivity index (χ2v) is 17.8. The summed E-state index contributed by atoms with van der Waals surface area (Å²) < 4.78 is 5.44. The number of hydrogen-bond acceptors (Lipinski definition) is 7. The van der Waals surface area contributed by atoms with Crippen LogP contribution in [0.25, 0.3) is 20.6 Å². The molecule has 0 saturated heterocycles. The minimum Gasteiger partial charge on any atom is -0.361 e. The molecule has 0 atom stereocenters. The predicted octanol–water partition coefficient (Wildman–Crippen LogP) is 18.8. The van der Waals surface area contributed by atoms with Gasteiger partial charge in [0.05, 0.1) is 61.6 Å². The third kappa shape index (κ3) is 32.5. The number of aromatic nitrogens is 7. The van der Waals surface area contributed by atoms with Gasteiger partial charge in [-0.25, -0.2) is 24.6 Å². The number of rotatable bonds is 0. The van der Waals surface area contributed by atoms with E-state index in [-0.39, 0.29) is 7.43 Å². The van der Waals surface area contributed by atoms with Crippen molar-refractivity contribution >= 4 is 79.3 Å². The predicted molar refractivity (Wildman–Crippen MR) is 374 cm³/mol. The summed E-state index contributed by atoms with van der Waals surface area (Å²) >= 11 is 6.67. The standard InChI is InChI=1S/7C8H7N.3C4H6N2.C2H6.CH4.HPS.H2S/c3*1-2-4-8-7(3-1)5-6-9-8;2*1-7-5-3-4-6-8(7)9-2;1-7-3-2-4-8(5-7)6-9;1-7-4-2-3-5-8(7)6-9;3*1-4-2-5-3-6-4;1-2;;1-2;/h2*1-4,6H,5H2;1-6,9H;2*3-6H,1H3;2*2-5H,1H3;3*2-3H,1H3,(H,5,6);1-2H3;1H4;1H;1H2/p+1/i/hD. The molecule has 7 aromatic carbocycles. The zero-order valence-corrected chi connectivity index (χ0v) is 53.0. The first-order valence-electron chi connectivity index (χ1n) is 27.5. The number of aryl methyl sites for hydroxylation is 7. The molecule has 0 spiro atoms. The smallest absolute Gasteiger partial charge is 0.239 e. The Kier molecular flexibility index (Phi) is 41.6. The van der Waals surface area contributed by atoms with Crippen molar-refractivity contribution in [2.24, 2.45) is 9.98 Å². The fourth-order valence-corrected chi connectivity index (χ4v) is 6.90. The van der Waals surface area contributed by atoms with Crippen molar-refractivity contribution in [1.29, 1.82) is 11.6 Å². The van der Waals surface area contributed by atoms with E-state index in [0.29, 0.717) is 0 Å². The first kappa shape index (κ1) is 74.9. The van der Waals surface area contributed by atoms with E-state index in [4.69, 9.17) is 24.8 Å². The topological polar surface area (TPSA) is 184 Å². The summed E-state index contributed by atoms with van der Waals surface area (Å²) in [5.74, 6) is 0. The molecule has 5 N–H and O–H groups in total. The molecule has 6 heterocycles. The molecular weight excluding hydrogens is 1130 g/mol. The lowest BCUT2D eigenvalue weighted by Gasteiger charge is -1.91. The van der Waals surface area contributed by atoms with E-state index in [1.807, 2.05) is 227 Å². The van der Waals surface area contributed by atoms with Gasteiger partial charge >= 0.3 is 0 Å². The summed E-state index contributed by atoms with van der Waals surface area (Å²) in [6.07, 6.45) is 18.4. The van der Waals surface area contributed by atoms with E-state index in [1.165, 1.54) is 22.0 Å². The van der Waals surface area contributed by atoms with Gasteiger partial charge in [-0.05, 0) is 131 Å². The van der Waals surface area contributed by atoms with Crippen LogP contribution >= 0.6 is 21.4 Å². The zero-order valence-electron chi connectivity index (χ0n) is 51.3. The molecule has 0 radical (unpaired) electrons. The monoisotopic (exact) mass is 1210 g/mol. The molecule has 0 aliphatic carbocycles. The Balaban J connectivity index is 0.000000948. The van der Waals surface area contributed by atoms with Gasteiger partial charge in [0, 0.05) is 67.7 Å². The molecule has 87 heavy (non-hydrogen) atoms. The van der Waals surface area contributed by atoms with Crippen LogP contribution in [0.2, 0.25) is 0 Å². The third-order valence-corrected chi connectivity index (χ3v) is 11.4. The Morgan fingerprint density at radius 2 is 1.02 bits per heavy atom. The van der Waals surface area contributed by atoms with Crippen LogP contribution in [0.4, 0.5) is 22.7 Å². The number of nitrogens with one attached hydrogen (secondary N) is 5. The Morgan fingerprint density at radius 1 is 0.552 bits per heavy atom. The van der Waals surface area contributed by atoms with Gasteiger partial charge in [-0.2, -0.15) is 23.9 Å². The minimum atomic E-state index is 0. The van der Waals surface area contributed by atoms with Crippen molar-refractivity contribution in [3.8, 4) is 12.1 Å². The molecule has 0 fully saturated rings. The second kappa shape index (κ2) is 48.3. The SMILES string of the molecule is C.C1=Nc2ccccc2C1.C1=Nc2ccccc2C1.CC.Cc1c[nH+]c[nH]1.Cc1cccc(C#N)c1.Cc1ccccc1C#N.Cc1cnc[nH]1.Cc1cnc[nH]1.P=S.[2H]S.[C-]#[N+]c1ccccc1C.[C-]#[N+]c1ccccc1C.c1ccc2[nH]ccc2c1. The van der Waals surface area contributed by atoms with Crippen molar-refractivity contribution in [2.75, 3.05) is 0 Å². The van der Waals surface area contributed by atoms with Crippen molar-refractivity contribution in [3.05, 3.63) is 304 Å². The van der Waals surface area contributed by atoms with E-state index < -0.39 is 0 Å². The number of nitrogens with zero attached hydrogens (tertiary/aromatic N) is 8. The lowest BCUT2D eigenvalue weighted by molar-refractivity contribution is -0.376. The highest BCUT2D eigenvalue weighted by molar-refractivity contribution is 7.88. The molecule has 16 heteroatoms. The van der Waals surface area contributed by atoms with Gasteiger partial charge < -0.3 is 15.0 Å². The van der Waals surface area contributed by atoms with Crippen LogP contribution in [-0.4, -0.2) is 43.5 Å². The lowest BCUT2D eigenvalue weighted by atomic mass is 10.1. The van der Waals surface area contributed by atoms with E-state index in [2.05, 4.69) is 130 Å². The Bertz CT molecular complexity index is 3490. The molecule has 2 aliphatic heterocycles. The van der Waals surface area contributed by atoms with Gasteiger partial charge in [0.1, 0.15) is 11.9 Å². The van der Waals surface area contributed by atoms with Gasteiger partial charge in [0.25, 0.3) is 0 Å². The van der Waals surface area contributed by atoms with Gasteiger partial charge in [-0.15, -0.1) is 0 Å². The molecule has 4 aromatic heterocycles. The Labute approximate surface area is 531 Å². The van der Waals surface area contributed by atoms with E-state index in [1.54, 1.807) is 37.4 Å². The highest BCUT2D eigenvalue weighted by Crippen LogP contribution is 2.23. The number of aliphatic imine (C=N–C) groups is 2. The number of aromatic amines is 5. The van der Waals surface area contributed by atoms with Crippen LogP contribution in [0, 0.1) is 84.3 Å². The van der Waals surface area contributed by atoms with Crippen LogP contribution in [0.3, 0.4) is 0 Å². The van der Waals surface area contributed by atoms with Crippen molar-refractivity contribution < 1.29 is 4.98 Å². The number of fused-ring (bicyclic) bond motifs is 3. The molecule has 0 bridgehead atoms. The maximum absolute atomic E-state index is 8.47. The van der Waals surface area contributed by atoms with E-state index >= 15 is 0 Å². The summed E-state index contributed by atoms with van der Waals surface area (Å²) in [6.45, 7) is 31.1. The summed E-state index contributed by atoms with van der Waals surface area (Å²) in [6, 6.07) is 61.1. The van der Waals surface area contributed by atoms with Gasteiger partial charge in [0.2, 0.25) is 6.33 Å². The normalized spacial score (nSPS) is 9.43. The van der Waals surface area contributed by atoms with E-state index in [9.17, 15) is 0 Å². The number of H-pyrrole nitrogens is 5. The van der Waals surface area contributed by atoms with E-state index in [0.717, 1.165) is 86.1 Å². The molecule has 13 nitrogen and oxygen atoms in total. The first-order valence-corrected chi connectivity index (χ1v) is 28.7. The summed E-state index contributed by atoms with van der Waals surface area (Å²) in [4.78, 5) is 37.2. The van der Waals surface area contributed by atoms with Gasteiger partial charge in [-0.1, -0.05) is 167 Å². The fraction of sp³-hybridized carbons (Fsp3) is 0.169. The number of imidazole rings is 3. The number of para-hydroxylation sites is 5. The molecule has 2 aliphatic rings. The average Bonchev–Trinajstić information content (AvgIpc) is 4.44. The summed E-state index contributed by atoms with van der Waals surface area (Å²) in [5.41, 5.74) is 16.8. The molecule has 11 aromatic rings. The largest absolute Gasteiger partial charge is 0.361 e. The van der Waals surface area contributed by atoms with Gasteiger partial charge in [-0.3, -0.25) is 15.0 Å². The van der Waals surface area contributed by atoms with Crippen LogP contribution in [0.1, 0.15) is 82.9 Å². The molecule has 446 valence electrons. The van der Waals surface area contributed by atoms with Crippen molar-refractivity contribution in [2.45, 2.75) is 82.6 Å². The van der Waals surface area contributed by atoms with Crippen molar-refractivity contribution in [1.82, 2.24) is 29.9 Å². The first-order chi connectivity index (χ1) is 42.4. The van der Waals surface area contributed by atoms with Crippen molar-refractivity contribution in [3.63, 3.8) is 0 Å². The fourth-order valence-electron chi connectivity index (χ4n) is 6.90. The second-order valence-electron chi connectivity index (χ2n) is 17.8. The zero-order chi connectivity index (χ0) is 64.3.